The molecule has 0 saturated heterocycles. The average molecular weight is 297 g/mol. The summed E-state index contributed by atoms with van der Waals surface area (Å²) < 4.78 is 5.46. The largest absolute Gasteiger partial charge is 0.496 e. The molecule has 0 bridgehead atoms. The third-order valence-corrected chi connectivity index (χ3v) is 4.99. The Balaban J connectivity index is 2.21. The number of aryl methyl sites for hydroxylation is 1. The van der Waals surface area contributed by atoms with Crippen LogP contribution in [0.25, 0.3) is 0 Å². The van der Waals surface area contributed by atoms with Crippen LogP contribution in [0.4, 0.5) is 0 Å². The number of methoxy groups -OCH3 is 1. The Hall–Kier alpha value is -1.22. The molecule has 1 aromatic carbocycles. The van der Waals surface area contributed by atoms with E-state index < -0.39 is 5.97 Å². The van der Waals surface area contributed by atoms with Crippen molar-refractivity contribution in [3.05, 3.63) is 27.8 Å². The Labute approximate surface area is 124 Å². The van der Waals surface area contributed by atoms with Crippen LogP contribution in [-0.4, -0.2) is 18.2 Å². The SMILES string of the molecule is COc1cc(C)c(Cl)c(C)c1CC(C)C1CC1C(=O)O. The molecule has 1 N–H and O–H groups in total. The third-order valence-electron chi connectivity index (χ3n) is 4.41. The molecular weight excluding hydrogens is 276 g/mol. The van der Waals surface area contributed by atoms with Gasteiger partial charge in [0.05, 0.1) is 13.0 Å². The van der Waals surface area contributed by atoms with Gasteiger partial charge in [0.25, 0.3) is 0 Å². The summed E-state index contributed by atoms with van der Waals surface area (Å²) in [5.74, 6) is 0.604. The van der Waals surface area contributed by atoms with Crippen LogP contribution in [0.3, 0.4) is 0 Å². The molecular formula is C16H21ClO3. The summed E-state index contributed by atoms with van der Waals surface area (Å²) >= 11 is 6.32. The van der Waals surface area contributed by atoms with Gasteiger partial charge in [-0.2, -0.15) is 0 Å². The molecule has 0 aromatic heterocycles. The van der Waals surface area contributed by atoms with Crippen molar-refractivity contribution in [2.75, 3.05) is 7.11 Å². The quantitative estimate of drug-likeness (QED) is 0.897. The molecule has 20 heavy (non-hydrogen) atoms. The highest BCUT2D eigenvalue weighted by Crippen LogP contribution is 2.46. The number of carboxylic acids is 1. The lowest BCUT2D eigenvalue weighted by Crippen LogP contribution is -2.10. The van der Waals surface area contributed by atoms with Crippen molar-refractivity contribution < 1.29 is 14.6 Å². The molecule has 3 nitrogen and oxygen atoms in total. The minimum absolute atomic E-state index is 0.169. The smallest absolute Gasteiger partial charge is 0.306 e. The van der Waals surface area contributed by atoms with Gasteiger partial charge in [-0.3, -0.25) is 4.79 Å². The van der Waals surface area contributed by atoms with Gasteiger partial charge >= 0.3 is 5.97 Å². The van der Waals surface area contributed by atoms with Crippen molar-refractivity contribution in [3.63, 3.8) is 0 Å². The number of aliphatic carboxylic acids is 1. The van der Waals surface area contributed by atoms with Crippen molar-refractivity contribution in [1.29, 1.82) is 0 Å². The van der Waals surface area contributed by atoms with Crippen LogP contribution in [0.5, 0.6) is 5.75 Å². The molecule has 1 aromatic rings. The predicted octanol–water partition coefficient (Wildman–Crippen LogP) is 3.86. The fourth-order valence-corrected chi connectivity index (χ4v) is 3.17. The zero-order chi connectivity index (χ0) is 15.0. The van der Waals surface area contributed by atoms with Gasteiger partial charge < -0.3 is 9.84 Å². The van der Waals surface area contributed by atoms with E-state index in [1.807, 2.05) is 19.9 Å². The number of hydrogen-bond acceptors (Lipinski definition) is 2. The fraction of sp³-hybridized carbons (Fsp3) is 0.562. The Morgan fingerprint density at radius 3 is 2.70 bits per heavy atom. The molecule has 3 unspecified atom stereocenters. The summed E-state index contributed by atoms with van der Waals surface area (Å²) in [4.78, 5) is 11.0. The average Bonchev–Trinajstić information content (AvgIpc) is 3.19. The highest BCUT2D eigenvalue weighted by atomic mass is 35.5. The predicted molar refractivity (Wildman–Crippen MR) is 79.6 cm³/mol. The topological polar surface area (TPSA) is 46.5 Å². The number of carboxylic acid groups (broad SMARTS) is 1. The molecule has 0 heterocycles. The lowest BCUT2D eigenvalue weighted by molar-refractivity contribution is -0.139. The summed E-state index contributed by atoms with van der Waals surface area (Å²) in [6.07, 6.45) is 1.60. The van der Waals surface area contributed by atoms with Crippen molar-refractivity contribution in [2.24, 2.45) is 17.8 Å². The van der Waals surface area contributed by atoms with Gasteiger partial charge in [-0.1, -0.05) is 18.5 Å². The van der Waals surface area contributed by atoms with Crippen LogP contribution >= 0.6 is 11.6 Å². The Kier molecular flexibility index (Phi) is 4.28. The second kappa shape index (κ2) is 5.65. The standard InChI is InChI=1S/C16H21ClO3/c1-8(11-7-13(11)16(18)19)5-12-10(3)15(17)9(2)6-14(12)20-4/h6,8,11,13H,5,7H2,1-4H3,(H,18,19). The van der Waals surface area contributed by atoms with Crippen LogP contribution in [-0.2, 0) is 11.2 Å². The lowest BCUT2D eigenvalue weighted by Gasteiger charge is -2.18. The lowest BCUT2D eigenvalue weighted by atomic mass is 9.91. The van der Waals surface area contributed by atoms with Gasteiger partial charge in [-0.15, -0.1) is 0 Å². The van der Waals surface area contributed by atoms with E-state index in [1.54, 1.807) is 7.11 Å². The first-order valence-corrected chi connectivity index (χ1v) is 7.30. The van der Waals surface area contributed by atoms with E-state index in [4.69, 9.17) is 21.4 Å². The highest BCUT2D eigenvalue weighted by Gasteiger charge is 2.46. The number of carbonyl (C=O) groups is 1. The number of ether oxygens (including phenoxy) is 1. The number of rotatable bonds is 5. The summed E-state index contributed by atoms with van der Waals surface area (Å²) in [5.41, 5.74) is 3.15. The Morgan fingerprint density at radius 2 is 2.20 bits per heavy atom. The first-order valence-electron chi connectivity index (χ1n) is 6.92. The van der Waals surface area contributed by atoms with Gasteiger partial charge in [-0.25, -0.2) is 0 Å². The number of hydrogen-bond donors (Lipinski definition) is 1. The molecule has 3 atom stereocenters. The molecule has 0 aliphatic heterocycles. The van der Waals surface area contributed by atoms with E-state index >= 15 is 0 Å². The third kappa shape index (κ3) is 2.78. The second-order valence-corrected chi connectivity index (χ2v) is 6.22. The Bertz CT molecular complexity index is 539. The molecule has 0 radical (unpaired) electrons. The van der Waals surface area contributed by atoms with E-state index in [2.05, 4.69) is 6.92 Å². The molecule has 0 amide bonds. The monoisotopic (exact) mass is 296 g/mol. The zero-order valence-electron chi connectivity index (χ0n) is 12.4. The molecule has 0 spiro atoms. The summed E-state index contributed by atoms with van der Waals surface area (Å²) in [7, 11) is 1.66. The van der Waals surface area contributed by atoms with Gasteiger partial charge in [0.15, 0.2) is 0 Å². The fourth-order valence-electron chi connectivity index (χ4n) is 3.00. The number of halogens is 1. The van der Waals surface area contributed by atoms with Crippen molar-refractivity contribution in [3.8, 4) is 5.75 Å². The van der Waals surface area contributed by atoms with Crippen molar-refractivity contribution in [1.82, 2.24) is 0 Å². The normalized spacial score (nSPS) is 22.4. The van der Waals surface area contributed by atoms with E-state index in [1.165, 1.54) is 0 Å². The van der Waals surface area contributed by atoms with Gasteiger partial charge in [0.1, 0.15) is 5.75 Å². The maximum absolute atomic E-state index is 11.0. The highest BCUT2D eigenvalue weighted by molar-refractivity contribution is 6.32. The van der Waals surface area contributed by atoms with Crippen LogP contribution in [0, 0.1) is 31.6 Å². The van der Waals surface area contributed by atoms with Crippen LogP contribution in [0.2, 0.25) is 5.02 Å². The van der Waals surface area contributed by atoms with E-state index in [9.17, 15) is 4.79 Å². The minimum atomic E-state index is -0.674. The molecule has 1 saturated carbocycles. The summed E-state index contributed by atoms with van der Waals surface area (Å²) in [6, 6.07) is 1.96. The van der Waals surface area contributed by atoms with E-state index in [0.717, 1.165) is 40.3 Å². The molecule has 1 aliphatic carbocycles. The van der Waals surface area contributed by atoms with Gasteiger partial charge in [-0.05, 0) is 61.3 Å². The maximum Gasteiger partial charge on any atom is 0.306 e. The Morgan fingerprint density at radius 1 is 1.55 bits per heavy atom. The van der Waals surface area contributed by atoms with Crippen LogP contribution in [0.15, 0.2) is 6.07 Å². The zero-order valence-corrected chi connectivity index (χ0v) is 13.1. The van der Waals surface area contributed by atoms with Crippen molar-refractivity contribution in [2.45, 2.75) is 33.6 Å². The van der Waals surface area contributed by atoms with Crippen LogP contribution in [0.1, 0.15) is 30.0 Å². The summed E-state index contributed by atoms with van der Waals surface area (Å²) in [6.45, 7) is 6.08. The number of benzene rings is 1. The van der Waals surface area contributed by atoms with Crippen molar-refractivity contribution >= 4 is 17.6 Å². The van der Waals surface area contributed by atoms with Gasteiger partial charge in [0.2, 0.25) is 0 Å². The van der Waals surface area contributed by atoms with Crippen LogP contribution < -0.4 is 4.74 Å². The van der Waals surface area contributed by atoms with Gasteiger partial charge in [0, 0.05) is 5.02 Å². The molecule has 1 aliphatic rings. The molecule has 110 valence electrons. The maximum atomic E-state index is 11.0. The first-order chi connectivity index (χ1) is 9.36. The minimum Gasteiger partial charge on any atom is -0.496 e. The van der Waals surface area contributed by atoms with E-state index in [0.29, 0.717) is 5.92 Å². The first kappa shape index (κ1) is 15.2. The van der Waals surface area contributed by atoms with E-state index in [-0.39, 0.29) is 11.8 Å². The molecule has 4 heteroatoms. The molecule has 2 rings (SSSR count). The summed E-state index contributed by atoms with van der Waals surface area (Å²) in [5, 5.41) is 9.81. The second-order valence-electron chi connectivity index (χ2n) is 5.84. The molecule has 1 fully saturated rings.